The van der Waals surface area contributed by atoms with Crippen LogP contribution in [0.3, 0.4) is 0 Å². The van der Waals surface area contributed by atoms with Gasteiger partial charge in [-0.15, -0.1) is 0 Å². The number of anilines is 1. The molecule has 0 aliphatic carbocycles. The van der Waals surface area contributed by atoms with E-state index in [4.69, 9.17) is 0 Å². The smallest absolute Gasteiger partial charge is 0.326 e. The Hall–Kier alpha value is -2.65. The molecule has 2 aromatic rings. The first-order chi connectivity index (χ1) is 10.1. The maximum atomic E-state index is 11.3. The maximum absolute atomic E-state index is 11.3. The average Bonchev–Trinajstić information content (AvgIpc) is 2.88. The van der Waals surface area contributed by atoms with Crippen LogP contribution in [0.15, 0.2) is 30.3 Å². The van der Waals surface area contributed by atoms with Gasteiger partial charge < -0.3 is 15.1 Å². The van der Waals surface area contributed by atoms with E-state index in [1.54, 1.807) is 6.07 Å². The number of carboxylic acid groups (broad SMARTS) is 1. The molecule has 0 radical (unpaired) electrons. The third-order valence-electron chi connectivity index (χ3n) is 3.66. The van der Waals surface area contributed by atoms with Crippen LogP contribution in [-0.2, 0) is 4.79 Å². The minimum absolute atomic E-state index is 0.134. The number of aliphatic hydroxyl groups is 1. The summed E-state index contributed by atoms with van der Waals surface area (Å²) in [4.78, 5) is 17.3. The summed E-state index contributed by atoms with van der Waals surface area (Å²) in [7, 11) is 0. The molecule has 21 heavy (non-hydrogen) atoms. The Morgan fingerprint density at radius 3 is 2.90 bits per heavy atom. The second-order valence-electron chi connectivity index (χ2n) is 5.06. The third kappa shape index (κ3) is 2.28. The van der Waals surface area contributed by atoms with E-state index >= 15 is 0 Å². The molecule has 106 valence electrons. The van der Waals surface area contributed by atoms with Crippen LogP contribution >= 0.6 is 0 Å². The number of nitriles is 1. The number of rotatable bonds is 2. The van der Waals surface area contributed by atoms with Crippen molar-refractivity contribution < 1.29 is 15.0 Å². The summed E-state index contributed by atoms with van der Waals surface area (Å²) in [6.45, 7) is 0.164. The van der Waals surface area contributed by atoms with Crippen LogP contribution in [0.5, 0.6) is 0 Å². The Bertz CT molecular complexity index is 753. The number of benzene rings is 1. The Labute approximate surface area is 120 Å². The lowest BCUT2D eigenvalue weighted by atomic mass is 10.1. The molecule has 0 spiro atoms. The van der Waals surface area contributed by atoms with Gasteiger partial charge in [-0.25, -0.2) is 9.78 Å². The SMILES string of the molecule is N#Cc1cc2ccccc2nc1N1CC(O)CC1C(=O)O. The summed E-state index contributed by atoms with van der Waals surface area (Å²) in [5.74, 6) is -0.703. The van der Waals surface area contributed by atoms with Gasteiger partial charge in [-0.1, -0.05) is 18.2 Å². The summed E-state index contributed by atoms with van der Waals surface area (Å²) in [6, 6.07) is 10.2. The standard InChI is InChI=1S/C15H13N3O3/c16-7-10-5-9-3-1-2-4-12(9)17-14(10)18-8-11(19)6-13(18)15(20)21/h1-5,11,13,19H,6,8H2,(H,20,21). The molecule has 1 aliphatic rings. The Morgan fingerprint density at radius 2 is 2.19 bits per heavy atom. The lowest BCUT2D eigenvalue weighted by molar-refractivity contribution is -0.138. The van der Waals surface area contributed by atoms with Crippen molar-refractivity contribution in [2.45, 2.75) is 18.6 Å². The van der Waals surface area contributed by atoms with Gasteiger partial charge in [0.2, 0.25) is 0 Å². The minimum atomic E-state index is -1.02. The first-order valence-corrected chi connectivity index (χ1v) is 6.57. The molecule has 1 aromatic heterocycles. The van der Waals surface area contributed by atoms with E-state index in [2.05, 4.69) is 11.1 Å². The van der Waals surface area contributed by atoms with Gasteiger partial charge in [-0.05, 0) is 12.1 Å². The zero-order valence-electron chi connectivity index (χ0n) is 11.1. The number of aliphatic hydroxyl groups excluding tert-OH is 1. The number of pyridine rings is 1. The fourth-order valence-electron chi connectivity index (χ4n) is 2.69. The number of aliphatic carboxylic acids is 1. The first kappa shape index (κ1) is 13.3. The van der Waals surface area contributed by atoms with Crippen molar-refractivity contribution in [1.82, 2.24) is 4.98 Å². The number of carbonyl (C=O) groups is 1. The average molecular weight is 283 g/mol. The lowest BCUT2D eigenvalue weighted by Gasteiger charge is -2.23. The molecule has 6 nitrogen and oxygen atoms in total. The van der Waals surface area contributed by atoms with Crippen molar-refractivity contribution in [1.29, 1.82) is 5.26 Å². The number of nitrogens with zero attached hydrogens (tertiary/aromatic N) is 3. The van der Waals surface area contributed by atoms with E-state index < -0.39 is 18.1 Å². The van der Waals surface area contributed by atoms with E-state index in [9.17, 15) is 20.3 Å². The van der Waals surface area contributed by atoms with E-state index in [1.807, 2.05) is 24.3 Å². The highest BCUT2D eigenvalue weighted by atomic mass is 16.4. The lowest BCUT2D eigenvalue weighted by Crippen LogP contribution is -2.37. The Morgan fingerprint density at radius 1 is 1.43 bits per heavy atom. The largest absolute Gasteiger partial charge is 0.480 e. The van der Waals surface area contributed by atoms with Crippen molar-refractivity contribution in [2.24, 2.45) is 0 Å². The molecule has 1 aliphatic heterocycles. The van der Waals surface area contributed by atoms with E-state index in [0.29, 0.717) is 16.9 Å². The molecule has 2 N–H and O–H groups in total. The molecule has 0 bridgehead atoms. The fraction of sp³-hybridized carbons (Fsp3) is 0.267. The number of hydrogen-bond acceptors (Lipinski definition) is 5. The monoisotopic (exact) mass is 283 g/mol. The molecule has 2 unspecified atom stereocenters. The van der Waals surface area contributed by atoms with Gasteiger partial charge in [0.05, 0.1) is 17.2 Å². The van der Waals surface area contributed by atoms with Crippen molar-refractivity contribution in [2.75, 3.05) is 11.4 Å². The number of fused-ring (bicyclic) bond motifs is 1. The van der Waals surface area contributed by atoms with Gasteiger partial charge in [0.1, 0.15) is 17.9 Å². The van der Waals surface area contributed by atoms with Crippen molar-refractivity contribution in [3.63, 3.8) is 0 Å². The highest BCUT2D eigenvalue weighted by Crippen LogP contribution is 2.29. The molecule has 1 aromatic carbocycles. The molecule has 1 saturated heterocycles. The van der Waals surface area contributed by atoms with E-state index in [1.165, 1.54) is 4.90 Å². The fourth-order valence-corrected chi connectivity index (χ4v) is 2.69. The second-order valence-corrected chi connectivity index (χ2v) is 5.06. The van der Waals surface area contributed by atoms with Gasteiger partial charge in [-0.3, -0.25) is 0 Å². The molecule has 0 saturated carbocycles. The molecular weight excluding hydrogens is 270 g/mol. The minimum Gasteiger partial charge on any atom is -0.480 e. The predicted octanol–water partition coefficient (Wildman–Crippen LogP) is 1.13. The topological polar surface area (TPSA) is 97.5 Å². The zero-order chi connectivity index (χ0) is 15.0. The van der Waals surface area contributed by atoms with Gasteiger partial charge in [0.15, 0.2) is 0 Å². The highest BCUT2D eigenvalue weighted by Gasteiger charge is 2.37. The number of carboxylic acids is 1. The van der Waals surface area contributed by atoms with E-state index in [0.717, 1.165) is 5.39 Å². The molecule has 6 heteroatoms. The van der Waals surface area contributed by atoms with Crippen molar-refractivity contribution >= 4 is 22.7 Å². The quantitative estimate of drug-likeness (QED) is 0.857. The van der Waals surface area contributed by atoms with Crippen LogP contribution in [0.2, 0.25) is 0 Å². The maximum Gasteiger partial charge on any atom is 0.326 e. The number of β-amino-alcohol motifs (C(OH)–C–C–N with tert-alkyl or cyclic N) is 1. The van der Waals surface area contributed by atoms with Gasteiger partial charge in [0.25, 0.3) is 0 Å². The van der Waals surface area contributed by atoms with Crippen LogP contribution < -0.4 is 4.90 Å². The Kier molecular flexibility index (Phi) is 3.20. The van der Waals surface area contributed by atoms with Crippen LogP contribution in [0.1, 0.15) is 12.0 Å². The number of para-hydroxylation sites is 1. The van der Waals surface area contributed by atoms with Crippen LogP contribution in [0.25, 0.3) is 10.9 Å². The van der Waals surface area contributed by atoms with Crippen LogP contribution in [0, 0.1) is 11.3 Å². The molecular formula is C15H13N3O3. The molecule has 0 amide bonds. The third-order valence-corrected chi connectivity index (χ3v) is 3.66. The number of aromatic nitrogens is 1. The van der Waals surface area contributed by atoms with Gasteiger partial charge >= 0.3 is 5.97 Å². The summed E-state index contributed by atoms with van der Waals surface area (Å²) in [6.07, 6.45) is -0.597. The molecule has 1 fully saturated rings. The number of hydrogen-bond donors (Lipinski definition) is 2. The van der Waals surface area contributed by atoms with Crippen molar-refractivity contribution in [3.05, 3.63) is 35.9 Å². The second kappa shape index (κ2) is 5.04. The summed E-state index contributed by atoms with van der Waals surface area (Å²) >= 11 is 0. The Balaban J connectivity index is 2.14. The predicted molar refractivity (Wildman–Crippen MR) is 75.9 cm³/mol. The molecule has 3 rings (SSSR count). The van der Waals surface area contributed by atoms with Crippen LogP contribution in [-0.4, -0.2) is 39.9 Å². The summed E-state index contributed by atoms with van der Waals surface area (Å²) in [5, 5.41) is 29.1. The van der Waals surface area contributed by atoms with Crippen LogP contribution in [0.4, 0.5) is 5.82 Å². The highest BCUT2D eigenvalue weighted by molar-refractivity contribution is 5.85. The van der Waals surface area contributed by atoms with E-state index in [-0.39, 0.29) is 13.0 Å². The van der Waals surface area contributed by atoms with Gasteiger partial charge in [-0.2, -0.15) is 5.26 Å². The summed E-state index contributed by atoms with van der Waals surface area (Å²) < 4.78 is 0. The zero-order valence-corrected chi connectivity index (χ0v) is 11.1. The van der Waals surface area contributed by atoms with Crippen molar-refractivity contribution in [3.8, 4) is 6.07 Å². The first-order valence-electron chi connectivity index (χ1n) is 6.57. The van der Waals surface area contributed by atoms with Gasteiger partial charge in [0, 0.05) is 18.4 Å². The summed E-state index contributed by atoms with van der Waals surface area (Å²) in [5.41, 5.74) is 1.01. The normalized spacial score (nSPS) is 21.4. The molecule has 2 heterocycles. The molecule has 2 atom stereocenters.